The van der Waals surface area contributed by atoms with Crippen molar-refractivity contribution in [2.45, 2.75) is 51.5 Å². The van der Waals surface area contributed by atoms with E-state index in [0.717, 1.165) is 18.4 Å². The Hall–Kier alpha value is -3.48. The number of hydrogen-bond acceptors (Lipinski definition) is 5. The minimum atomic E-state index is -0.506. The van der Waals surface area contributed by atoms with Crippen LogP contribution in [-0.2, 0) is 40.6 Å². The molecule has 1 amide bonds. The molecule has 7 nitrogen and oxygen atoms in total. The van der Waals surface area contributed by atoms with Crippen molar-refractivity contribution in [1.29, 1.82) is 0 Å². The largest absolute Gasteiger partial charge is 0.456 e. The van der Waals surface area contributed by atoms with Gasteiger partial charge in [0.25, 0.3) is 11.5 Å². The molecule has 3 aromatic rings. The number of para-hydroxylation sites is 1. The highest BCUT2D eigenvalue weighted by Crippen LogP contribution is 2.24. The van der Waals surface area contributed by atoms with Gasteiger partial charge in [0.1, 0.15) is 5.82 Å². The molecule has 172 valence electrons. The van der Waals surface area contributed by atoms with Gasteiger partial charge in [0.05, 0.1) is 23.4 Å². The lowest BCUT2D eigenvalue weighted by Crippen LogP contribution is -2.31. The van der Waals surface area contributed by atoms with Crippen LogP contribution in [0.25, 0.3) is 10.9 Å². The summed E-state index contributed by atoms with van der Waals surface area (Å²) in [6, 6.07) is 13.3. The molecule has 2 aromatic carbocycles. The number of aromatic nitrogens is 2. The van der Waals surface area contributed by atoms with Crippen LogP contribution in [0.5, 0.6) is 0 Å². The van der Waals surface area contributed by atoms with Crippen molar-refractivity contribution < 1.29 is 14.3 Å². The fraction of sp³-hybridized carbons (Fsp3) is 0.385. The molecule has 1 aromatic heterocycles. The second-order valence-corrected chi connectivity index (χ2v) is 8.59. The smallest absolute Gasteiger partial charge is 0.306 e. The van der Waals surface area contributed by atoms with Gasteiger partial charge in [-0.1, -0.05) is 30.3 Å². The van der Waals surface area contributed by atoms with Gasteiger partial charge in [0.2, 0.25) is 0 Å². The Morgan fingerprint density at radius 2 is 1.88 bits per heavy atom. The molecular weight excluding hydrogens is 418 g/mol. The van der Waals surface area contributed by atoms with Crippen LogP contribution in [0.3, 0.4) is 0 Å². The topological polar surface area (TPSA) is 90.3 Å². The third-order valence-electron chi connectivity index (χ3n) is 6.24. The Morgan fingerprint density at radius 3 is 2.70 bits per heavy atom. The maximum absolute atomic E-state index is 12.5. The van der Waals surface area contributed by atoms with E-state index in [1.807, 2.05) is 13.0 Å². The van der Waals surface area contributed by atoms with E-state index in [2.05, 4.69) is 28.5 Å². The third kappa shape index (κ3) is 5.30. The highest BCUT2D eigenvalue weighted by Gasteiger charge is 2.16. The third-order valence-corrected chi connectivity index (χ3v) is 6.24. The van der Waals surface area contributed by atoms with Gasteiger partial charge in [-0.05, 0) is 61.4 Å². The number of rotatable bonds is 7. The van der Waals surface area contributed by atoms with Crippen molar-refractivity contribution in [1.82, 2.24) is 14.9 Å². The van der Waals surface area contributed by atoms with Gasteiger partial charge in [-0.25, -0.2) is 4.98 Å². The molecule has 1 heterocycles. The van der Waals surface area contributed by atoms with Gasteiger partial charge in [-0.15, -0.1) is 0 Å². The number of hydrogen-bond donors (Lipinski definition) is 1. The van der Waals surface area contributed by atoms with Gasteiger partial charge in [-0.3, -0.25) is 19.0 Å². The van der Waals surface area contributed by atoms with Gasteiger partial charge in [0.15, 0.2) is 6.61 Å². The van der Waals surface area contributed by atoms with Crippen LogP contribution in [-0.4, -0.2) is 28.0 Å². The molecule has 1 N–H and O–H groups in total. The van der Waals surface area contributed by atoms with Crippen molar-refractivity contribution in [2.75, 3.05) is 6.61 Å². The average Bonchev–Trinajstić information content (AvgIpc) is 2.83. The number of carbonyl (C=O) groups excluding carboxylic acids is 2. The predicted molar refractivity (Wildman–Crippen MR) is 126 cm³/mol. The molecule has 4 rings (SSSR count). The fourth-order valence-corrected chi connectivity index (χ4v) is 4.31. The molecule has 0 fully saturated rings. The Kier molecular flexibility index (Phi) is 6.87. The maximum atomic E-state index is 12.5. The molecule has 7 heteroatoms. The van der Waals surface area contributed by atoms with Crippen LogP contribution in [0.1, 0.15) is 54.7 Å². The normalized spacial score (nSPS) is 13.9. The van der Waals surface area contributed by atoms with Gasteiger partial charge < -0.3 is 10.1 Å². The second-order valence-electron chi connectivity index (χ2n) is 8.59. The van der Waals surface area contributed by atoms with Crippen LogP contribution in [0.2, 0.25) is 0 Å². The molecule has 0 bridgehead atoms. The minimum absolute atomic E-state index is 0.0340. The number of esters is 1. The average molecular weight is 448 g/mol. The van der Waals surface area contributed by atoms with E-state index in [-0.39, 0.29) is 37.0 Å². The molecule has 0 spiro atoms. The van der Waals surface area contributed by atoms with Crippen molar-refractivity contribution in [3.8, 4) is 0 Å². The second kappa shape index (κ2) is 9.98. The highest BCUT2D eigenvalue weighted by atomic mass is 16.5. The first-order valence-electron chi connectivity index (χ1n) is 11.4. The molecule has 33 heavy (non-hydrogen) atoms. The number of nitrogens with zero attached hydrogens (tertiary/aromatic N) is 2. The Labute approximate surface area is 192 Å². The lowest BCUT2D eigenvalue weighted by Gasteiger charge is -2.20. The lowest BCUT2D eigenvalue weighted by molar-refractivity contribution is -0.148. The van der Waals surface area contributed by atoms with Crippen LogP contribution in [0, 0.1) is 0 Å². The SMILES string of the molecule is CC(NC(=O)COC(=O)CCc1nc2ccccc2c(=O)n1C)c1ccc2c(c1)CCCC2. The van der Waals surface area contributed by atoms with E-state index in [9.17, 15) is 14.4 Å². The predicted octanol–water partition coefficient (Wildman–Crippen LogP) is 3.17. The van der Waals surface area contributed by atoms with E-state index < -0.39 is 5.97 Å². The number of fused-ring (bicyclic) bond motifs is 2. The van der Waals surface area contributed by atoms with Gasteiger partial charge in [-0.2, -0.15) is 0 Å². The van der Waals surface area contributed by atoms with Crippen LogP contribution in [0.4, 0.5) is 0 Å². The summed E-state index contributed by atoms with van der Waals surface area (Å²) in [6.45, 7) is 1.59. The summed E-state index contributed by atoms with van der Waals surface area (Å²) < 4.78 is 6.59. The zero-order valence-corrected chi connectivity index (χ0v) is 19.1. The molecule has 0 saturated heterocycles. The molecule has 0 aliphatic heterocycles. The van der Waals surface area contributed by atoms with Crippen LogP contribution < -0.4 is 10.9 Å². The Balaban J connectivity index is 1.28. The van der Waals surface area contributed by atoms with E-state index in [4.69, 9.17) is 4.74 Å². The number of aryl methyl sites for hydroxylation is 3. The van der Waals surface area contributed by atoms with Crippen molar-refractivity contribution in [2.24, 2.45) is 7.05 Å². The summed E-state index contributed by atoms with van der Waals surface area (Å²) in [6.07, 6.45) is 4.93. The zero-order valence-electron chi connectivity index (χ0n) is 19.1. The first-order chi connectivity index (χ1) is 15.9. The maximum Gasteiger partial charge on any atom is 0.306 e. The van der Waals surface area contributed by atoms with E-state index in [0.29, 0.717) is 16.7 Å². The van der Waals surface area contributed by atoms with Gasteiger partial charge in [0, 0.05) is 13.5 Å². The van der Waals surface area contributed by atoms with E-state index in [1.165, 1.54) is 28.5 Å². The van der Waals surface area contributed by atoms with Crippen LogP contribution >= 0.6 is 0 Å². The highest BCUT2D eigenvalue weighted by molar-refractivity contribution is 5.81. The molecule has 1 aliphatic rings. The summed E-state index contributed by atoms with van der Waals surface area (Å²) in [5, 5.41) is 3.43. The molecule has 1 aliphatic carbocycles. The molecule has 1 atom stereocenters. The monoisotopic (exact) mass is 447 g/mol. The Bertz CT molecular complexity index is 1250. The van der Waals surface area contributed by atoms with Crippen molar-refractivity contribution in [3.05, 3.63) is 75.3 Å². The summed E-state index contributed by atoms with van der Waals surface area (Å²) in [4.78, 5) is 41.4. The van der Waals surface area contributed by atoms with Crippen LogP contribution in [0.15, 0.2) is 47.3 Å². The van der Waals surface area contributed by atoms with Crippen molar-refractivity contribution in [3.63, 3.8) is 0 Å². The minimum Gasteiger partial charge on any atom is -0.456 e. The molecule has 0 radical (unpaired) electrons. The number of carbonyl (C=O) groups is 2. The number of nitrogens with one attached hydrogen (secondary N) is 1. The quantitative estimate of drug-likeness (QED) is 0.562. The summed E-state index contributed by atoms with van der Waals surface area (Å²) in [7, 11) is 1.64. The number of ether oxygens (including phenoxy) is 1. The number of benzene rings is 2. The summed E-state index contributed by atoms with van der Waals surface area (Å²) in [5.74, 6) is -0.347. The van der Waals surface area contributed by atoms with Gasteiger partial charge >= 0.3 is 5.97 Å². The standard InChI is InChI=1S/C26H29N3O4/c1-17(19-12-11-18-7-3-4-8-20(18)15-19)27-24(30)16-33-25(31)14-13-23-28-22-10-6-5-9-21(22)26(32)29(23)2/h5-6,9-12,15,17H,3-4,7-8,13-14,16H2,1-2H3,(H,27,30). The summed E-state index contributed by atoms with van der Waals surface area (Å²) in [5.41, 5.74) is 4.26. The number of amides is 1. The van der Waals surface area contributed by atoms with Crippen molar-refractivity contribution >= 4 is 22.8 Å². The molecule has 0 saturated carbocycles. The summed E-state index contributed by atoms with van der Waals surface area (Å²) >= 11 is 0. The first-order valence-corrected chi connectivity index (χ1v) is 11.4. The molecular formula is C26H29N3O4. The zero-order chi connectivity index (χ0) is 23.4. The van der Waals surface area contributed by atoms with E-state index >= 15 is 0 Å². The van der Waals surface area contributed by atoms with E-state index in [1.54, 1.807) is 25.2 Å². The molecule has 1 unspecified atom stereocenters. The lowest BCUT2D eigenvalue weighted by atomic mass is 9.89. The Morgan fingerprint density at radius 1 is 1.12 bits per heavy atom. The fourth-order valence-electron chi connectivity index (χ4n) is 4.31. The first kappa shape index (κ1) is 22.7.